The van der Waals surface area contributed by atoms with Crippen molar-refractivity contribution in [2.75, 3.05) is 27.2 Å². The van der Waals surface area contributed by atoms with Crippen LogP contribution in [0, 0.1) is 10.1 Å². The lowest BCUT2D eigenvalue weighted by Gasteiger charge is -2.28. The van der Waals surface area contributed by atoms with Crippen molar-refractivity contribution in [2.24, 2.45) is 0 Å². The van der Waals surface area contributed by atoms with Crippen LogP contribution >= 0.6 is 0 Å². The van der Waals surface area contributed by atoms with Crippen molar-refractivity contribution >= 4 is 11.6 Å². The number of carbonyl (C=O) groups excluding carboxylic acids is 1. The summed E-state index contributed by atoms with van der Waals surface area (Å²) in [5, 5.41) is 10.8. The highest BCUT2D eigenvalue weighted by molar-refractivity contribution is 5.81. The molecule has 0 spiro atoms. The number of non-ortho nitro benzene ring substituents is 1. The number of nitrogens with zero attached hydrogens (tertiary/aromatic N) is 3. The van der Waals surface area contributed by atoms with Gasteiger partial charge in [-0.1, -0.05) is 12.1 Å². The molecule has 3 rings (SSSR count). The Balaban J connectivity index is 1.75. The van der Waals surface area contributed by atoms with Gasteiger partial charge < -0.3 is 9.64 Å². The van der Waals surface area contributed by atoms with Crippen LogP contribution in [0.5, 0.6) is 5.75 Å². The van der Waals surface area contributed by atoms with Crippen LogP contribution in [0.4, 0.5) is 5.69 Å². The fourth-order valence-electron chi connectivity index (χ4n) is 3.26. The van der Waals surface area contributed by atoms with Gasteiger partial charge in [-0.05, 0) is 48.9 Å². The molecule has 7 heteroatoms. The predicted molar refractivity (Wildman–Crippen MR) is 96.9 cm³/mol. The highest BCUT2D eigenvalue weighted by Gasteiger charge is 2.36. The third kappa shape index (κ3) is 3.67. The van der Waals surface area contributed by atoms with Crippen molar-refractivity contribution < 1.29 is 14.5 Å². The number of carbonyl (C=O) groups is 1. The van der Waals surface area contributed by atoms with Gasteiger partial charge in [0.2, 0.25) is 5.91 Å². The zero-order chi connectivity index (χ0) is 18.7. The molecule has 1 aliphatic heterocycles. The molecule has 1 fully saturated rings. The number of rotatable bonds is 6. The molecule has 1 saturated heterocycles. The van der Waals surface area contributed by atoms with Crippen molar-refractivity contribution in [1.82, 2.24) is 9.80 Å². The second-order valence-electron chi connectivity index (χ2n) is 6.32. The number of likely N-dealkylation sites (N-methyl/N-ethyl adjacent to an activating group) is 1. The van der Waals surface area contributed by atoms with Crippen LogP contribution in [-0.2, 0) is 11.2 Å². The van der Waals surface area contributed by atoms with Gasteiger partial charge in [-0.15, -0.1) is 0 Å². The topological polar surface area (TPSA) is 75.9 Å². The molecule has 2 aromatic carbocycles. The molecule has 1 aliphatic rings. The molecule has 0 radical (unpaired) electrons. The minimum atomic E-state index is -0.422. The molecule has 0 bridgehead atoms. The van der Waals surface area contributed by atoms with Gasteiger partial charge >= 0.3 is 0 Å². The van der Waals surface area contributed by atoms with E-state index in [-0.39, 0.29) is 17.8 Å². The van der Waals surface area contributed by atoms with E-state index in [1.54, 1.807) is 19.2 Å². The second kappa shape index (κ2) is 7.53. The first kappa shape index (κ1) is 17.9. The molecule has 1 atom stereocenters. The molecule has 1 heterocycles. The van der Waals surface area contributed by atoms with E-state index >= 15 is 0 Å². The number of hydrogen-bond donors (Lipinski definition) is 0. The number of nitro benzene ring substituents is 1. The molecule has 136 valence electrons. The quantitative estimate of drug-likeness (QED) is 0.588. The van der Waals surface area contributed by atoms with Crippen LogP contribution in [0.25, 0.3) is 0 Å². The average Bonchev–Trinajstić information content (AvgIpc) is 2.93. The van der Waals surface area contributed by atoms with Gasteiger partial charge in [0.1, 0.15) is 11.9 Å². The summed E-state index contributed by atoms with van der Waals surface area (Å²) in [5.74, 6) is 0.860. The normalized spacial score (nSPS) is 17.5. The predicted octanol–water partition coefficient (Wildman–Crippen LogP) is 2.62. The zero-order valence-corrected chi connectivity index (χ0v) is 14.8. The fourth-order valence-corrected chi connectivity index (χ4v) is 3.26. The van der Waals surface area contributed by atoms with Gasteiger partial charge in [-0.2, -0.15) is 0 Å². The van der Waals surface area contributed by atoms with Gasteiger partial charge in [0, 0.05) is 18.7 Å². The number of amides is 1. The molecule has 0 aliphatic carbocycles. The Bertz CT molecular complexity index is 789. The maximum atomic E-state index is 12.4. The van der Waals surface area contributed by atoms with E-state index in [0.29, 0.717) is 13.1 Å². The average molecular weight is 355 g/mol. The Kier molecular flexibility index (Phi) is 5.18. The first-order valence-electron chi connectivity index (χ1n) is 8.36. The van der Waals surface area contributed by atoms with E-state index in [2.05, 4.69) is 0 Å². The van der Waals surface area contributed by atoms with Crippen LogP contribution in [0.1, 0.15) is 17.3 Å². The van der Waals surface area contributed by atoms with E-state index in [9.17, 15) is 14.9 Å². The van der Waals surface area contributed by atoms with Gasteiger partial charge in [0.25, 0.3) is 5.69 Å². The van der Waals surface area contributed by atoms with Gasteiger partial charge in [0.05, 0.1) is 18.6 Å². The first-order valence-corrected chi connectivity index (χ1v) is 8.36. The summed E-state index contributed by atoms with van der Waals surface area (Å²) in [6, 6.07) is 14.2. The number of benzene rings is 2. The Morgan fingerprint density at radius 3 is 2.38 bits per heavy atom. The number of nitro groups is 1. The van der Waals surface area contributed by atoms with Crippen molar-refractivity contribution in [3.8, 4) is 5.75 Å². The van der Waals surface area contributed by atoms with Crippen LogP contribution < -0.4 is 4.74 Å². The third-order valence-electron chi connectivity index (χ3n) is 4.62. The second-order valence-corrected chi connectivity index (χ2v) is 6.32. The largest absolute Gasteiger partial charge is 0.497 e. The molecule has 1 amide bonds. The van der Waals surface area contributed by atoms with Crippen LogP contribution in [0.2, 0.25) is 0 Å². The minimum Gasteiger partial charge on any atom is -0.497 e. The Morgan fingerprint density at radius 2 is 1.81 bits per heavy atom. The Labute approximate surface area is 151 Å². The van der Waals surface area contributed by atoms with Crippen molar-refractivity contribution in [3.63, 3.8) is 0 Å². The monoisotopic (exact) mass is 355 g/mol. The molecular formula is C19H21N3O4. The number of methoxy groups -OCH3 is 1. The SMILES string of the molecule is COc1ccc(CCN2C(=O)CN(C)C2c2ccc([N+](=O)[O-])cc2)cc1. The van der Waals surface area contributed by atoms with Gasteiger partial charge in [-0.25, -0.2) is 0 Å². The van der Waals surface area contributed by atoms with E-state index in [4.69, 9.17) is 4.74 Å². The van der Waals surface area contributed by atoms with Crippen LogP contribution in [0.3, 0.4) is 0 Å². The summed E-state index contributed by atoms with van der Waals surface area (Å²) >= 11 is 0. The number of hydrogen-bond acceptors (Lipinski definition) is 5. The summed E-state index contributed by atoms with van der Waals surface area (Å²) < 4.78 is 5.16. The molecule has 7 nitrogen and oxygen atoms in total. The summed E-state index contributed by atoms with van der Waals surface area (Å²) in [4.78, 5) is 26.6. The summed E-state index contributed by atoms with van der Waals surface area (Å²) in [7, 11) is 3.51. The van der Waals surface area contributed by atoms with Gasteiger partial charge in [0.15, 0.2) is 0 Å². The highest BCUT2D eigenvalue weighted by Crippen LogP contribution is 2.30. The Morgan fingerprint density at radius 1 is 1.15 bits per heavy atom. The molecule has 0 aromatic heterocycles. The molecular weight excluding hydrogens is 334 g/mol. The summed E-state index contributed by atoms with van der Waals surface area (Å²) in [6.45, 7) is 0.918. The third-order valence-corrected chi connectivity index (χ3v) is 4.62. The Hall–Kier alpha value is -2.93. The standard InChI is InChI=1S/C19H21N3O4/c1-20-13-18(23)21(12-11-14-3-9-17(26-2)10-4-14)19(20)15-5-7-16(8-6-15)22(24)25/h3-10,19H,11-13H2,1-2H3. The molecule has 2 aromatic rings. The maximum Gasteiger partial charge on any atom is 0.269 e. The molecule has 0 saturated carbocycles. The van der Waals surface area contributed by atoms with E-state index in [0.717, 1.165) is 23.3 Å². The molecule has 0 N–H and O–H groups in total. The zero-order valence-electron chi connectivity index (χ0n) is 14.8. The van der Waals surface area contributed by atoms with Gasteiger partial charge in [-0.3, -0.25) is 19.8 Å². The van der Waals surface area contributed by atoms with Crippen molar-refractivity contribution in [3.05, 3.63) is 69.8 Å². The molecule has 26 heavy (non-hydrogen) atoms. The van der Waals surface area contributed by atoms with Crippen molar-refractivity contribution in [1.29, 1.82) is 0 Å². The van der Waals surface area contributed by atoms with E-state index in [1.807, 2.05) is 41.1 Å². The molecule has 1 unspecified atom stereocenters. The lowest BCUT2D eigenvalue weighted by molar-refractivity contribution is -0.384. The van der Waals surface area contributed by atoms with Crippen LogP contribution in [0.15, 0.2) is 48.5 Å². The lowest BCUT2D eigenvalue weighted by Crippen LogP contribution is -2.32. The highest BCUT2D eigenvalue weighted by atomic mass is 16.6. The number of ether oxygens (including phenoxy) is 1. The summed E-state index contributed by atoms with van der Waals surface area (Å²) in [6.07, 6.45) is 0.522. The maximum absolute atomic E-state index is 12.4. The van der Waals surface area contributed by atoms with E-state index < -0.39 is 4.92 Å². The van der Waals surface area contributed by atoms with E-state index in [1.165, 1.54) is 12.1 Å². The van der Waals surface area contributed by atoms with Crippen molar-refractivity contribution in [2.45, 2.75) is 12.6 Å². The lowest BCUT2D eigenvalue weighted by atomic mass is 10.1. The fraction of sp³-hybridized carbons (Fsp3) is 0.316. The summed E-state index contributed by atoms with van der Waals surface area (Å²) in [5.41, 5.74) is 2.04. The first-order chi connectivity index (χ1) is 12.5. The minimum absolute atomic E-state index is 0.0468. The van der Waals surface area contributed by atoms with Crippen LogP contribution in [-0.4, -0.2) is 47.9 Å². The smallest absolute Gasteiger partial charge is 0.269 e.